The number of halogens is 3. The van der Waals surface area contributed by atoms with Crippen LogP contribution in [0.25, 0.3) is 5.82 Å². The number of alkyl halides is 3. The number of methoxy groups -OCH3 is 1. The average molecular weight is 444 g/mol. The Labute approximate surface area is 181 Å². The fraction of sp³-hybridized carbons (Fsp3) is 0.333. The second kappa shape index (κ2) is 9.23. The molecule has 3 aromatic heterocycles. The lowest BCUT2D eigenvalue weighted by Crippen LogP contribution is -2.17. The first kappa shape index (κ1) is 23.0. The number of pyridine rings is 2. The maximum atomic E-state index is 13.6. The fourth-order valence-corrected chi connectivity index (χ4v) is 3.32. The Kier molecular flexibility index (Phi) is 6.64. The number of ether oxygens (including phenoxy) is 1. The van der Waals surface area contributed by atoms with Crippen molar-refractivity contribution in [1.29, 1.82) is 5.26 Å². The predicted molar refractivity (Wildman–Crippen MR) is 106 cm³/mol. The highest BCUT2D eigenvalue weighted by Crippen LogP contribution is 2.33. The minimum Gasteiger partial charge on any atom is -0.377 e. The van der Waals surface area contributed by atoms with Gasteiger partial charge in [0.1, 0.15) is 17.4 Å². The zero-order valence-electron chi connectivity index (χ0n) is 17.5. The topological polar surface area (TPSA) is 107 Å². The Balaban J connectivity index is 1.90. The Morgan fingerprint density at radius 2 is 1.91 bits per heavy atom. The summed E-state index contributed by atoms with van der Waals surface area (Å²) in [6.45, 7) is 3.42. The van der Waals surface area contributed by atoms with Gasteiger partial charge in [0.2, 0.25) is 0 Å². The van der Waals surface area contributed by atoms with Crippen LogP contribution in [0, 0.1) is 18.3 Å². The molecule has 0 aliphatic heterocycles. The van der Waals surface area contributed by atoms with E-state index in [1.807, 2.05) is 0 Å². The fourth-order valence-electron chi connectivity index (χ4n) is 3.32. The smallest absolute Gasteiger partial charge is 0.377 e. The van der Waals surface area contributed by atoms with E-state index in [2.05, 4.69) is 26.2 Å². The van der Waals surface area contributed by atoms with E-state index in [4.69, 9.17) is 4.74 Å². The van der Waals surface area contributed by atoms with Crippen molar-refractivity contribution < 1.29 is 22.7 Å². The van der Waals surface area contributed by atoms with Gasteiger partial charge in [0, 0.05) is 37.9 Å². The number of aromatic nitrogens is 5. The predicted octanol–water partition coefficient (Wildman–Crippen LogP) is 3.32. The van der Waals surface area contributed by atoms with Crippen LogP contribution in [-0.2, 0) is 28.5 Å². The summed E-state index contributed by atoms with van der Waals surface area (Å²) < 4.78 is 46.0. The lowest BCUT2D eigenvalue weighted by molar-refractivity contribution is -0.138. The monoisotopic (exact) mass is 444 g/mol. The molecule has 0 aliphatic rings. The van der Waals surface area contributed by atoms with Crippen LogP contribution in [0.2, 0.25) is 0 Å². The molecule has 0 N–H and O–H groups in total. The number of rotatable bonds is 7. The van der Waals surface area contributed by atoms with Crippen molar-refractivity contribution in [3.8, 4) is 11.9 Å². The highest BCUT2D eigenvalue weighted by Gasteiger charge is 2.36. The first-order valence-electron chi connectivity index (χ1n) is 9.51. The van der Waals surface area contributed by atoms with Crippen LogP contribution in [-0.4, -0.2) is 37.9 Å². The van der Waals surface area contributed by atoms with E-state index in [1.165, 1.54) is 31.9 Å². The molecule has 1 atom stereocenters. The number of carbonyl (C=O) groups excluding carboxylic acids is 1. The van der Waals surface area contributed by atoms with Crippen LogP contribution in [0.4, 0.5) is 13.2 Å². The summed E-state index contributed by atoms with van der Waals surface area (Å²) in [4.78, 5) is 21.5. The normalized spacial score (nSPS) is 12.4. The zero-order chi connectivity index (χ0) is 23.5. The molecule has 0 radical (unpaired) electrons. The maximum absolute atomic E-state index is 13.6. The third-order valence-electron chi connectivity index (χ3n) is 4.89. The SMILES string of the molecule is CO[C@H](C)c1c(CC(=O)Cc2cnc(-n3nccn3)c(C(F)(F)F)c2)cnc(C)c1C#N. The van der Waals surface area contributed by atoms with E-state index in [-0.39, 0.29) is 24.2 Å². The molecule has 0 saturated heterocycles. The van der Waals surface area contributed by atoms with Gasteiger partial charge >= 0.3 is 6.18 Å². The molecule has 0 bridgehead atoms. The molecule has 0 spiro atoms. The summed E-state index contributed by atoms with van der Waals surface area (Å²) in [5, 5.41) is 16.9. The molecule has 0 aliphatic carbocycles. The largest absolute Gasteiger partial charge is 0.420 e. The number of aryl methyl sites for hydroxylation is 1. The molecule has 0 unspecified atom stereocenters. The Morgan fingerprint density at radius 1 is 1.22 bits per heavy atom. The van der Waals surface area contributed by atoms with Crippen LogP contribution >= 0.6 is 0 Å². The molecule has 11 heteroatoms. The van der Waals surface area contributed by atoms with Crippen molar-refractivity contribution in [2.45, 2.75) is 39.0 Å². The highest BCUT2D eigenvalue weighted by atomic mass is 19.4. The van der Waals surface area contributed by atoms with Crippen LogP contribution in [0.3, 0.4) is 0 Å². The second-order valence-electron chi connectivity index (χ2n) is 7.07. The molecular weight excluding hydrogens is 425 g/mol. The molecule has 0 fully saturated rings. The van der Waals surface area contributed by atoms with Crippen molar-refractivity contribution in [3.63, 3.8) is 0 Å². The Hall–Kier alpha value is -3.65. The van der Waals surface area contributed by atoms with Crippen molar-refractivity contribution in [3.05, 3.63) is 64.4 Å². The molecule has 3 rings (SSSR count). The summed E-state index contributed by atoms with van der Waals surface area (Å²) in [5.74, 6) is -0.833. The average Bonchev–Trinajstić information content (AvgIpc) is 3.28. The molecule has 8 nitrogen and oxygen atoms in total. The van der Waals surface area contributed by atoms with Gasteiger partial charge in [-0.05, 0) is 31.0 Å². The van der Waals surface area contributed by atoms with Gasteiger partial charge in [0.05, 0.1) is 29.8 Å². The molecule has 3 heterocycles. The zero-order valence-corrected chi connectivity index (χ0v) is 17.5. The molecule has 3 aromatic rings. The van der Waals surface area contributed by atoms with Gasteiger partial charge in [-0.25, -0.2) is 4.98 Å². The summed E-state index contributed by atoms with van der Waals surface area (Å²) in [6, 6.07) is 2.95. The maximum Gasteiger partial charge on any atom is 0.420 e. The third kappa shape index (κ3) is 4.81. The summed E-state index contributed by atoms with van der Waals surface area (Å²) in [6.07, 6.45) is -0.407. The summed E-state index contributed by atoms with van der Waals surface area (Å²) in [5.41, 5.74) is 0.917. The number of carbonyl (C=O) groups is 1. The van der Waals surface area contributed by atoms with Gasteiger partial charge in [0.25, 0.3) is 0 Å². The second-order valence-corrected chi connectivity index (χ2v) is 7.07. The van der Waals surface area contributed by atoms with Crippen LogP contribution in [0.1, 0.15) is 46.5 Å². The third-order valence-corrected chi connectivity index (χ3v) is 4.89. The summed E-state index contributed by atoms with van der Waals surface area (Å²) in [7, 11) is 1.48. The molecular formula is C21H19F3N6O2. The first-order valence-corrected chi connectivity index (χ1v) is 9.51. The Morgan fingerprint density at radius 3 is 2.50 bits per heavy atom. The standard InChI is InChI=1S/C21H19F3N6O2/c1-12-17(9-25)19(13(2)32-3)15(11-26-12)8-16(31)6-14-7-18(21(22,23)24)20(27-10-14)30-28-4-5-29-30/h4-5,7,10-11,13H,6,8H2,1-3H3/t13-/m1/s1. The van der Waals surface area contributed by atoms with Gasteiger partial charge < -0.3 is 4.74 Å². The number of hydrogen-bond donors (Lipinski definition) is 0. The number of Topliss-reactive ketones (excluding diaryl/α,β-unsaturated/α-hetero) is 1. The lowest BCUT2D eigenvalue weighted by atomic mass is 9.93. The van der Waals surface area contributed by atoms with E-state index in [9.17, 15) is 23.2 Å². The van der Waals surface area contributed by atoms with Crippen LogP contribution in [0.5, 0.6) is 0 Å². The first-order chi connectivity index (χ1) is 15.2. The van der Waals surface area contributed by atoms with Crippen LogP contribution in [0.15, 0.2) is 30.9 Å². The van der Waals surface area contributed by atoms with Crippen molar-refractivity contribution >= 4 is 5.78 Å². The Bertz CT molecular complexity index is 1170. The quantitative estimate of drug-likeness (QED) is 0.550. The van der Waals surface area contributed by atoms with E-state index in [1.54, 1.807) is 13.8 Å². The summed E-state index contributed by atoms with van der Waals surface area (Å²) >= 11 is 0. The van der Waals surface area contributed by atoms with Gasteiger partial charge in [-0.1, -0.05) is 0 Å². The number of ketones is 1. The minimum atomic E-state index is -4.71. The van der Waals surface area contributed by atoms with Crippen molar-refractivity contribution in [1.82, 2.24) is 25.0 Å². The van der Waals surface area contributed by atoms with Gasteiger partial charge in [-0.15, -0.1) is 4.80 Å². The molecule has 32 heavy (non-hydrogen) atoms. The van der Waals surface area contributed by atoms with Gasteiger partial charge in [-0.3, -0.25) is 9.78 Å². The molecule has 0 amide bonds. The van der Waals surface area contributed by atoms with Gasteiger partial charge in [-0.2, -0.15) is 28.6 Å². The molecule has 166 valence electrons. The van der Waals surface area contributed by atoms with Crippen molar-refractivity contribution in [2.24, 2.45) is 0 Å². The highest BCUT2D eigenvalue weighted by molar-refractivity contribution is 5.83. The number of nitrogens with zero attached hydrogens (tertiary/aromatic N) is 6. The van der Waals surface area contributed by atoms with E-state index in [0.717, 1.165) is 10.9 Å². The molecule has 0 saturated carbocycles. The van der Waals surface area contributed by atoms with Crippen LogP contribution < -0.4 is 0 Å². The number of hydrogen-bond acceptors (Lipinski definition) is 7. The van der Waals surface area contributed by atoms with Crippen molar-refractivity contribution in [2.75, 3.05) is 7.11 Å². The van der Waals surface area contributed by atoms with Gasteiger partial charge in [0.15, 0.2) is 5.82 Å². The molecule has 0 aromatic carbocycles. The van der Waals surface area contributed by atoms with E-state index in [0.29, 0.717) is 22.4 Å². The minimum absolute atomic E-state index is 0.0974. The lowest BCUT2D eigenvalue weighted by Gasteiger charge is -2.17. The van der Waals surface area contributed by atoms with E-state index >= 15 is 0 Å². The van der Waals surface area contributed by atoms with E-state index < -0.39 is 23.7 Å². The number of nitriles is 1.